The maximum atomic E-state index is 5.61. The Hall–Kier alpha value is -1.26. The van der Waals surface area contributed by atoms with E-state index in [1.54, 1.807) is 14.2 Å². The summed E-state index contributed by atoms with van der Waals surface area (Å²) >= 11 is 7.41. The van der Waals surface area contributed by atoms with Crippen LogP contribution in [0.4, 0.5) is 0 Å². The summed E-state index contributed by atoms with van der Waals surface area (Å²) in [6.45, 7) is 4.52. The van der Waals surface area contributed by atoms with Gasteiger partial charge >= 0.3 is 0 Å². The second kappa shape index (κ2) is 9.49. The summed E-state index contributed by atoms with van der Waals surface area (Å²) < 4.78 is 13.2. The van der Waals surface area contributed by atoms with Gasteiger partial charge in [-0.15, -0.1) is 0 Å². The van der Waals surface area contributed by atoms with E-state index in [0.717, 1.165) is 33.3 Å². The zero-order chi connectivity index (χ0) is 20.3. The molecule has 0 spiro atoms. The van der Waals surface area contributed by atoms with E-state index in [0.29, 0.717) is 0 Å². The number of rotatable bonds is 8. The molecule has 0 atom stereocenters. The molecule has 0 saturated carbocycles. The molecule has 0 saturated heterocycles. The molecule has 0 aliphatic carbocycles. The second-order valence-corrected chi connectivity index (χ2v) is 8.94. The molecule has 0 unspecified atom stereocenters. The zero-order valence-corrected chi connectivity index (χ0v) is 20.3. The molecule has 28 heavy (non-hydrogen) atoms. The summed E-state index contributed by atoms with van der Waals surface area (Å²) in [4.78, 5) is 0. The molecule has 0 N–H and O–H groups in total. The van der Waals surface area contributed by atoms with E-state index in [2.05, 4.69) is 70.0 Å². The van der Waals surface area contributed by atoms with Crippen molar-refractivity contribution in [3.8, 4) is 11.5 Å². The largest absolute Gasteiger partial charge is 0.496 e. The molecule has 3 aromatic rings. The van der Waals surface area contributed by atoms with Gasteiger partial charge in [-0.25, -0.2) is 0 Å². The number of ether oxygens (including phenoxy) is 2. The molecule has 2 nitrogen and oxygen atoms in total. The number of hydrogen-bond acceptors (Lipinski definition) is 2. The van der Waals surface area contributed by atoms with Gasteiger partial charge in [0.2, 0.25) is 0 Å². The molecule has 3 aromatic carbocycles. The van der Waals surface area contributed by atoms with Gasteiger partial charge in [0.05, 0.1) is 23.2 Å². The van der Waals surface area contributed by atoms with Crippen molar-refractivity contribution in [3.05, 3.63) is 44.3 Å². The summed E-state index contributed by atoms with van der Waals surface area (Å²) in [6.07, 6.45) is 6.98. The van der Waals surface area contributed by atoms with E-state index in [1.807, 2.05) is 0 Å². The quantitative estimate of drug-likeness (QED) is 0.286. The lowest BCUT2D eigenvalue weighted by atomic mass is 9.87. The highest BCUT2D eigenvalue weighted by Crippen LogP contribution is 2.42. The Bertz CT molecular complexity index is 915. The maximum absolute atomic E-state index is 5.61. The van der Waals surface area contributed by atoms with Crippen LogP contribution in [0.25, 0.3) is 21.5 Å². The first-order valence-corrected chi connectivity index (χ1v) is 11.6. The lowest BCUT2D eigenvalue weighted by Crippen LogP contribution is -2.01. The normalized spacial score (nSPS) is 11.4. The average molecular weight is 508 g/mol. The van der Waals surface area contributed by atoms with Gasteiger partial charge in [0.1, 0.15) is 11.5 Å². The van der Waals surface area contributed by atoms with Crippen LogP contribution in [-0.4, -0.2) is 14.2 Å². The third-order valence-corrected chi connectivity index (χ3v) is 6.69. The van der Waals surface area contributed by atoms with Gasteiger partial charge < -0.3 is 9.47 Å². The molecule has 150 valence electrons. The van der Waals surface area contributed by atoms with Crippen molar-refractivity contribution in [2.75, 3.05) is 14.2 Å². The summed E-state index contributed by atoms with van der Waals surface area (Å²) in [5.41, 5.74) is 2.97. The smallest absolute Gasteiger partial charge is 0.133 e. The zero-order valence-electron chi connectivity index (χ0n) is 17.1. The highest BCUT2D eigenvalue weighted by Gasteiger charge is 2.18. The predicted octanol–water partition coefficient (Wildman–Crippen LogP) is 8.22. The predicted molar refractivity (Wildman–Crippen MR) is 127 cm³/mol. The second-order valence-electron chi connectivity index (χ2n) is 7.23. The van der Waals surface area contributed by atoms with Gasteiger partial charge in [0.25, 0.3) is 0 Å². The number of fused-ring (bicyclic) bond motifs is 3. The summed E-state index contributed by atoms with van der Waals surface area (Å²) in [5.74, 6) is 1.72. The molecule has 0 amide bonds. The number of hydrogen-bond donors (Lipinski definition) is 0. The van der Waals surface area contributed by atoms with Gasteiger partial charge in [-0.3, -0.25) is 0 Å². The van der Waals surface area contributed by atoms with Gasteiger partial charge in [-0.1, -0.05) is 26.7 Å². The first-order valence-electron chi connectivity index (χ1n) is 10.0. The van der Waals surface area contributed by atoms with E-state index < -0.39 is 0 Å². The van der Waals surface area contributed by atoms with E-state index in [4.69, 9.17) is 9.47 Å². The minimum Gasteiger partial charge on any atom is -0.496 e. The van der Waals surface area contributed by atoms with Crippen LogP contribution in [0.3, 0.4) is 0 Å². The topological polar surface area (TPSA) is 18.5 Å². The summed E-state index contributed by atoms with van der Waals surface area (Å²) in [6, 6.07) is 8.80. The molecule has 0 fully saturated rings. The van der Waals surface area contributed by atoms with Crippen molar-refractivity contribution < 1.29 is 9.47 Å². The number of halogens is 2. The fourth-order valence-electron chi connectivity index (χ4n) is 3.97. The molecule has 0 heterocycles. The Morgan fingerprint density at radius 1 is 0.643 bits per heavy atom. The van der Waals surface area contributed by atoms with Gasteiger partial charge in [-0.2, -0.15) is 0 Å². The van der Waals surface area contributed by atoms with Crippen LogP contribution in [0.5, 0.6) is 11.5 Å². The number of methoxy groups -OCH3 is 2. The Morgan fingerprint density at radius 3 is 1.36 bits per heavy atom. The maximum Gasteiger partial charge on any atom is 0.133 e. The minimum absolute atomic E-state index is 0.860. The summed E-state index contributed by atoms with van der Waals surface area (Å²) in [7, 11) is 3.44. The molecule has 0 aliphatic rings. The van der Waals surface area contributed by atoms with Crippen LogP contribution >= 0.6 is 31.9 Å². The Balaban J connectivity index is 2.47. The van der Waals surface area contributed by atoms with Crippen molar-refractivity contribution in [3.63, 3.8) is 0 Å². The molecule has 0 radical (unpaired) electrons. The molecule has 4 heteroatoms. The summed E-state index contributed by atoms with van der Waals surface area (Å²) in [5, 5.41) is 5.10. The first-order chi connectivity index (χ1) is 13.5. The standard InChI is InChI=1S/C24H28Br2O2/c1-5-7-9-15-16(10-8-6-2)18-12-22(26)24(28-4)14-20(18)19-13-23(27-3)21(25)11-17(15)19/h11-14H,5-10H2,1-4H3. The lowest BCUT2D eigenvalue weighted by Gasteiger charge is -2.20. The number of aryl methyl sites for hydroxylation is 2. The molecule has 0 bridgehead atoms. The Kier molecular flexibility index (Phi) is 7.27. The fourth-order valence-corrected chi connectivity index (χ4v) is 4.98. The Morgan fingerprint density at radius 2 is 1.04 bits per heavy atom. The van der Waals surface area contributed by atoms with Crippen molar-refractivity contribution >= 4 is 53.4 Å². The van der Waals surface area contributed by atoms with Crippen molar-refractivity contribution in [1.82, 2.24) is 0 Å². The van der Waals surface area contributed by atoms with Gasteiger partial charge in [0, 0.05) is 0 Å². The fraction of sp³-hybridized carbons (Fsp3) is 0.417. The first kappa shape index (κ1) is 21.4. The van der Waals surface area contributed by atoms with Gasteiger partial charge in [0.15, 0.2) is 0 Å². The molecular weight excluding hydrogens is 480 g/mol. The SMILES string of the molecule is CCCCc1c(CCCC)c2cc(Br)c(OC)cc2c2cc(OC)c(Br)cc12. The monoisotopic (exact) mass is 506 g/mol. The van der Waals surface area contributed by atoms with E-state index in [-0.39, 0.29) is 0 Å². The van der Waals surface area contributed by atoms with Crippen molar-refractivity contribution in [1.29, 1.82) is 0 Å². The van der Waals surface area contributed by atoms with Crippen molar-refractivity contribution in [2.45, 2.75) is 52.4 Å². The van der Waals surface area contributed by atoms with Crippen LogP contribution in [0.2, 0.25) is 0 Å². The third-order valence-electron chi connectivity index (χ3n) is 5.45. The van der Waals surface area contributed by atoms with Crippen LogP contribution in [0, 0.1) is 0 Å². The van der Waals surface area contributed by atoms with E-state index in [1.165, 1.54) is 58.4 Å². The molecular formula is C24H28Br2O2. The van der Waals surface area contributed by atoms with Crippen LogP contribution in [0.1, 0.15) is 50.7 Å². The van der Waals surface area contributed by atoms with E-state index in [9.17, 15) is 0 Å². The number of benzene rings is 3. The van der Waals surface area contributed by atoms with Crippen LogP contribution < -0.4 is 9.47 Å². The van der Waals surface area contributed by atoms with Crippen LogP contribution in [0.15, 0.2) is 33.2 Å². The highest BCUT2D eigenvalue weighted by atomic mass is 79.9. The Labute approximate surface area is 184 Å². The molecule has 3 rings (SSSR count). The van der Waals surface area contributed by atoms with Gasteiger partial charge in [-0.05, 0) is 114 Å². The third kappa shape index (κ3) is 4.04. The average Bonchev–Trinajstić information content (AvgIpc) is 2.70. The molecule has 0 aromatic heterocycles. The number of unbranched alkanes of at least 4 members (excludes halogenated alkanes) is 2. The highest BCUT2D eigenvalue weighted by molar-refractivity contribution is 9.11. The van der Waals surface area contributed by atoms with Crippen molar-refractivity contribution in [2.24, 2.45) is 0 Å². The molecule has 0 aliphatic heterocycles. The lowest BCUT2D eigenvalue weighted by molar-refractivity contribution is 0.412. The van der Waals surface area contributed by atoms with E-state index >= 15 is 0 Å². The van der Waals surface area contributed by atoms with Crippen LogP contribution in [-0.2, 0) is 12.8 Å². The minimum atomic E-state index is 0.860.